The van der Waals surface area contributed by atoms with Gasteiger partial charge >= 0.3 is 6.03 Å². The molecule has 182 valence electrons. The molecular formula is C25H25N3O6S. The lowest BCUT2D eigenvalue weighted by molar-refractivity contribution is -0.114. The summed E-state index contributed by atoms with van der Waals surface area (Å²) in [6.45, 7) is 1.57. The molecule has 1 aliphatic heterocycles. The molecule has 0 fully saturated rings. The molecule has 4 rings (SSSR count). The highest BCUT2D eigenvalue weighted by atomic mass is 32.2. The van der Waals surface area contributed by atoms with Crippen molar-refractivity contribution in [1.29, 1.82) is 0 Å². The summed E-state index contributed by atoms with van der Waals surface area (Å²) in [5.74, 6) is 0.399. The van der Waals surface area contributed by atoms with Crippen molar-refractivity contribution in [3.8, 4) is 11.5 Å². The Balaban J connectivity index is 1.68. The number of nitrogens with one attached hydrogen (secondary N) is 1. The molecule has 0 saturated carbocycles. The summed E-state index contributed by atoms with van der Waals surface area (Å²) in [5.41, 5.74) is 1.72. The molecule has 3 aromatic rings. The zero-order valence-electron chi connectivity index (χ0n) is 19.5. The van der Waals surface area contributed by atoms with Gasteiger partial charge in [0.2, 0.25) is 5.91 Å². The highest BCUT2D eigenvalue weighted by molar-refractivity contribution is 7.94. The SMILES string of the molecule is CCc1ccc(N2C(=O)N(CC(=O)Nc3ccc(OC)cc3OC)c3ccccc3S2(=O)=O)cc1. The lowest BCUT2D eigenvalue weighted by Gasteiger charge is -2.35. The minimum Gasteiger partial charge on any atom is -0.497 e. The van der Waals surface area contributed by atoms with E-state index in [1.54, 1.807) is 54.6 Å². The number of nitrogens with zero attached hydrogens (tertiary/aromatic N) is 2. The van der Waals surface area contributed by atoms with E-state index in [2.05, 4.69) is 5.32 Å². The lowest BCUT2D eigenvalue weighted by atomic mass is 10.1. The first-order valence-corrected chi connectivity index (χ1v) is 12.3. The fraction of sp³-hybridized carbons (Fsp3) is 0.200. The summed E-state index contributed by atoms with van der Waals surface area (Å²) in [6.07, 6.45) is 0.769. The summed E-state index contributed by atoms with van der Waals surface area (Å²) in [7, 11) is -1.20. The number of anilines is 3. The number of benzene rings is 3. The van der Waals surface area contributed by atoms with Crippen molar-refractivity contribution in [1.82, 2.24) is 0 Å². The van der Waals surface area contributed by atoms with Crippen LogP contribution >= 0.6 is 0 Å². The second-order valence-electron chi connectivity index (χ2n) is 7.74. The van der Waals surface area contributed by atoms with Crippen molar-refractivity contribution in [3.63, 3.8) is 0 Å². The van der Waals surface area contributed by atoms with E-state index in [4.69, 9.17) is 9.47 Å². The summed E-state index contributed by atoms with van der Waals surface area (Å²) >= 11 is 0. The smallest absolute Gasteiger partial charge is 0.343 e. The number of hydrogen-bond acceptors (Lipinski definition) is 6. The van der Waals surface area contributed by atoms with E-state index in [1.165, 1.54) is 26.4 Å². The first kappa shape index (κ1) is 24.1. The van der Waals surface area contributed by atoms with Crippen LogP contribution in [0.5, 0.6) is 11.5 Å². The predicted octanol–water partition coefficient (Wildman–Crippen LogP) is 4.04. The molecule has 0 aromatic heterocycles. The van der Waals surface area contributed by atoms with E-state index in [1.807, 2.05) is 6.92 Å². The molecule has 1 aliphatic rings. The van der Waals surface area contributed by atoms with Crippen LogP contribution in [0, 0.1) is 0 Å². The molecule has 35 heavy (non-hydrogen) atoms. The van der Waals surface area contributed by atoms with Crippen LogP contribution in [-0.2, 0) is 21.2 Å². The zero-order valence-corrected chi connectivity index (χ0v) is 20.3. The van der Waals surface area contributed by atoms with Gasteiger partial charge in [0.25, 0.3) is 10.0 Å². The summed E-state index contributed by atoms with van der Waals surface area (Å²) in [5, 5.41) is 2.72. The molecule has 0 saturated heterocycles. The number of rotatable bonds is 7. The van der Waals surface area contributed by atoms with Crippen LogP contribution in [0.3, 0.4) is 0 Å². The van der Waals surface area contributed by atoms with Gasteiger partial charge in [0.1, 0.15) is 22.9 Å². The van der Waals surface area contributed by atoms with Crippen molar-refractivity contribution in [3.05, 3.63) is 72.3 Å². The Bertz CT molecular complexity index is 1370. The lowest BCUT2D eigenvalue weighted by Crippen LogP contribution is -2.53. The van der Waals surface area contributed by atoms with Gasteiger partial charge in [0, 0.05) is 6.07 Å². The third kappa shape index (κ3) is 4.52. The van der Waals surface area contributed by atoms with Crippen LogP contribution in [0.4, 0.5) is 21.9 Å². The first-order chi connectivity index (χ1) is 16.8. The molecule has 0 radical (unpaired) electrons. The number of carbonyl (C=O) groups is 2. The topological polar surface area (TPSA) is 105 Å². The van der Waals surface area contributed by atoms with E-state index in [9.17, 15) is 18.0 Å². The second-order valence-corrected chi connectivity index (χ2v) is 9.50. The van der Waals surface area contributed by atoms with E-state index >= 15 is 0 Å². The van der Waals surface area contributed by atoms with Crippen LogP contribution in [0.1, 0.15) is 12.5 Å². The Hall–Kier alpha value is -4.05. The van der Waals surface area contributed by atoms with Gasteiger partial charge in [-0.15, -0.1) is 0 Å². The Morgan fingerprint density at radius 2 is 1.69 bits per heavy atom. The van der Waals surface area contributed by atoms with Gasteiger partial charge in [-0.05, 0) is 48.4 Å². The summed E-state index contributed by atoms with van der Waals surface area (Å²) in [6, 6.07) is 16.9. The molecular weight excluding hydrogens is 470 g/mol. The molecule has 10 heteroatoms. The van der Waals surface area contributed by atoms with Crippen molar-refractivity contribution in [2.24, 2.45) is 0 Å². The quantitative estimate of drug-likeness (QED) is 0.530. The third-order valence-corrected chi connectivity index (χ3v) is 7.39. The van der Waals surface area contributed by atoms with Gasteiger partial charge in [0.15, 0.2) is 0 Å². The van der Waals surface area contributed by atoms with Gasteiger partial charge in [-0.25, -0.2) is 13.2 Å². The number of urea groups is 1. The standard InChI is InChI=1S/C25H25N3O6S/c1-4-17-9-11-18(12-10-17)28-25(30)27(21-7-5-6-8-23(21)35(28,31)32)16-24(29)26-20-14-13-19(33-2)15-22(20)34-3/h5-15H,4,16H2,1-3H3,(H,26,29). The van der Waals surface area contributed by atoms with Crippen molar-refractivity contribution in [2.45, 2.75) is 18.2 Å². The number of methoxy groups -OCH3 is 2. The second kappa shape index (κ2) is 9.67. The number of carbonyl (C=O) groups excluding carboxylic acids is 2. The van der Waals surface area contributed by atoms with Crippen LogP contribution in [0.2, 0.25) is 0 Å². The van der Waals surface area contributed by atoms with Gasteiger partial charge in [-0.2, -0.15) is 4.31 Å². The number of sulfonamides is 1. The maximum Gasteiger partial charge on any atom is 0.343 e. The van der Waals surface area contributed by atoms with E-state index in [-0.39, 0.29) is 16.3 Å². The van der Waals surface area contributed by atoms with E-state index in [0.29, 0.717) is 17.2 Å². The maximum absolute atomic E-state index is 13.5. The summed E-state index contributed by atoms with van der Waals surface area (Å²) in [4.78, 5) is 27.6. The fourth-order valence-corrected chi connectivity index (χ4v) is 5.41. The van der Waals surface area contributed by atoms with Gasteiger partial charge < -0.3 is 14.8 Å². The molecule has 9 nitrogen and oxygen atoms in total. The maximum atomic E-state index is 13.5. The minimum absolute atomic E-state index is 0.0611. The number of fused-ring (bicyclic) bond motifs is 1. The van der Waals surface area contributed by atoms with Gasteiger partial charge in [0.05, 0.1) is 31.3 Å². The number of aryl methyl sites for hydroxylation is 1. The van der Waals surface area contributed by atoms with E-state index < -0.39 is 28.5 Å². The van der Waals surface area contributed by atoms with Crippen molar-refractivity contribution < 1.29 is 27.5 Å². The third-order valence-electron chi connectivity index (χ3n) is 5.64. The number of para-hydroxylation sites is 1. The van der Waals surface area contributed by atoms with Crippen LogP contribution in [-0.4, -0.2) is 41.1 Å². The molecule has 0 atom stereocenters. The van der Waals surface area contributed by atoms with Gasteiger partial charge in [-0.3, -0.25) is 9.69 Å². The molecule has 1 N–H and O–H groups in total. The molecule has 0 spiro atoms. The predicted molar refractivity (Wildman–Crippen MR) is 133 cm³/mol. The number of ether oxygens (including phenoxy) is 2. The highest BCUT2D eigenvalue weighted by Gasteiger charge is 2.43. The largest absolute Gasteiger partial charge is 0.497 e. The van der Waals surface area contributed by atoms with Crippen LogP contribution < -0.4 is 24.0 Å². The number of amides is 3. The molecule has 0 unspecified atom stereocenters. The van der Waals surface area contributed by atoms with Crippen LogP contribution in [0.25, 0.3) is 0 Å². The molecule has 0 aliphatic carbocycles. The summed E-state index contributed by atoms with van der Waals surface area (Å²) < 4.78 is 38.0. The Labute approximate surface area is 203 Å². The van der Waals surface area contributed by atoms with Crippen molar-refractivity contribution >= 4 is 39.0 Å². The Morgan fingerprint density at radius 1 is 0.971 bits per heavy atom. The molecule has 3 aromatic carbocycles. The Kier molecular flexibility index (Phi) is 6.65. The van der Waals surface area contributed by atoms with Gasteiger partial charge in [-0.1, -0.05) is 31.2 Å². The normalized spacial score (nSPS) is 14.3. The van der Waals surface area contributed by atoms with Crippen molar-refractivity contribution in [2.75, 3.05) is 35.3 Å². The molecule has 3 amide bonds. The molecule has 1 heterocycles. The zero-order chi connectivity index (χ0) is 25.2. The van der Waals surface area contributed by atoms with Crippen LogP contribution in [0.15, 0.2) is 71.6 Å². The fourth-order valence-electron chi connectivity index (χ4n) is 3.82. The number of hydrogen-bond donors (Lipinski definition) is 1. The first-order valence-electron chi connectivity index (χ1n) is 10.9. The monoisotopic (exact) mass is 495 g/mol. The highest BCUT2D eigenvalue weighted by Crippen LogP contribution is 2.37. The van der Waals surface area contributed by atoms with E-state index in [0.717, 1.165) is 21.2 Å². The average Bonchev–Trinajstić information content (AvgIpc) is 2.87. The average molecular weight is 496 g/mol. The molecule has 0 bridgehead atoms. The Morgan fingerprint density at radius 3 is 2.34 bits per heavy atom. The minimum atomic E-state index is -4.17.